The van der Waals surface area contributed by atoms with Gasteiger partial charge in [-0.05, 0) is 23.9 Å². The molecule has 3 rings (SSSR count). The molecule has 3 aromatic rings. The predicted octanol–water partition coefficient (Wildman–Crippen LogP) is 4.47. The minimum absolute atomic E-state index is 0.00440. The van der Waals surface area contributed by atoms with Crippen molar-refractivity contribution in [3.63, 3.8) is 0 Å². The Hall–Kier alpha value is -2.14. The van der Waals surface area contributed by atoms with E-state index in [4.69, 9.17) is 0 Å². The highest BCUT2D eigenvalue weighted by atomic mass is 32.1. The first-order valence-electron chi connectivity index (χ1n) is 7.55. The van der Waals surface area contributed by atoms with Gasteiger partial charge in [0.25, 0.3) is 0 Å². The summed E-state index contributed by atoms with van der Waals surface area (Å²) in [6.45, 7) is 2.14. The number of hydrogen-bond donors (Lipinski definition) is 1. The third-order valence-corrected chi connectivity index (χ3v) is 4.45. The summed E-state index contributed by atoms with van der Waals surface area (Å²) in [6.07, 6.45) is 6.62. The zero-order chi connectivity index (χ0) is 15.4. The number of rotatable bonds is 6. The molecule has 0 fully saturated rings. The first-order chi connectivity index (χ1) is 10.8. The van der Waals surface area contributed by atoms with Crippen molar-refractivity contribution in [1.29, 1.82) is 0 Å². The van der Waals surface area contributed by atoms with E-state index < -0.39 is 0 Å². The summed E-state index contributed by atoms with van der Waals surface area (Å²) in [6, 6.07) is 10.0. The molecule has 0 aliphatic rings. The molecular weight excluding hydrogens is 294 g/mol. The Kier molecular flexibility index (Phi) is 4.53. The maximum Gasteiger partial charge on any atom is 0.249 e. The van der Waals surface area contributed by atoms with E-state index in [1.54, 1.807) is 6.20 Å². The molecule has 2 heterocycles. The molecule has 0 spiro atoms. The molecule has 1 N–H and O–H groups in total. The number of carbonyl (C=O) groups is 1. The normalized spacial score (nSPS) is 12.4. The second kappa shape index (κ2) is 6.75. The molecule has 1 aromatic carbocycles. The molecule has 0 saturated heterocycles. The number of amides is 1. The fourth-order valence-electron chi connectivity index (χ4n) is 2.64. The molecule has 0 bridgehead atoms. The third kappa shape index (κ3) is 3.04. The number of fused-ring (bicyclic) bond motifs is 1. The van der Waals surface area contributed by atoms with E-state index in [0.717, 1.165) is 30.2 Å². The molecule has 0 aliphatic carbocycles. The highest BCUT2D eigenvalue weighted by Crippen LogP contribution is 2.25. The van der Waals surface area contributed by atoms with Crippen LogP contribution in [0.25, 0.3) is 10.9 Å². The number of carbonyl (C=O) groups excluding carboxylic acids is 1. The fraction of sp³-hybridized carbons (Fsp3) is 0.294. The van der Waals surface area contributed by atoms with Gasteiger partial charge in [0.2, 0.25) is 5.91 Å². The number of nitrogens with zero attached hydrogens (tertiary/aromatic N) is 2. The number of para-hydroxylation sites is 1. The Bertz CT molecular complexity index is 748. The average Bonchev–Trinajstić information content (AvgIpc) is 3.18. The lowest BCUT2D eigenvalue weighted by Gasteiger charge is -2.19. The van der Waals surface area contributed by atoms with Crippen molar-refractivity contribution in [3.8, 4) is 0 Å². The summed E-state index contributed by atoms with van der Waals surface area (Å²) in [5, 5.41) is 6.61. The first kappa shape index (κ1) is 14.8. The number of benzene rings is 1. The Balaban J connectivity index is 1.90. The van der Waals surface area contributed by atoms with E-state index in [1.807, 2.05) is 23.7 Å². The largest absolute Gasteiger partial charge is 0.335 e. The van der Waals surface area contributed by atoms with Crippen LogP contribution < -0.4 is 5.32 Å². The van der Waals surface area contributed by atoms with Crippen LogP contribution in [0.5, 0.6) is 0 Å². The molecule has 0 saturated carbocycles. The van der Waals surface area contributed by atoms with Gasteiger partial charge < -0.3 is 9.88 Å². The summed E-state index contributed by atoms with van der Waals surface area (Å²) >= 11 is 1.44. The van der Waals surface area contributed by atoms with Crippen LogP contribution in [-0.2, 0) is 4.79 Å². The standard InChI is InChI=1S/C17H19N3OS/c1-2-3-7-15(16(21)19-17-18-10-12-22-17)20-11-9-13-6-4-5-8-14(13)20/h4-6,8-12,15H,2-3,7H2,1H3,(H,18,19,21). The number of thiazole rings is 1. The molecule has 4 nitrogen and oxygen atoms in total. The van der Waals surface area contributed by atoms with Crippen molar-refractivity contribution in [3.05, 3.63) is 48.1 Å². The van der Waals surface area contributed by atoms with E-state index in [-0.39, 0.29) is 11.9 Å². The summed E-state index contributed by atoms with van der Waals surface area (Å²) in [5.41, 5.74) is 1.10. The molecule has 0 aliphatic heterocycles. The van der Waals surface area contributed by atoms with Gasteiger partial charge in [0.15, 0.2) is 5.13 Å². The van der Waals surface area contributed by atoms with Crippen LogP contribution in [0.2, 0.25) is 0 Å². The molecule has 1 unspecified atom stereocenters. The molecule has 22 heavy (non-hydrogen) atoms. The summed E-state index contributed by atoms with van der Waals surface area (Å²) in [7, 11) is 0. The Morgan fingerprint density at radius 1 is 1.36 bits per heavy atom. The van der Waals surface area contributed by atoms with Gasteiger partial charge in [-0.3, -0.25) is 4.79 Å². The van der Waals surface area contributed by atoms with Gasteiger partial charge >= 0.3 is 0 Å². The minimum atomic E-state index is -0.205. The second-order valence-corrected chi connectivity index (χ2v) is 6.16. The average molecular weight is 313 g/mol. The van der Waals surface area contributed by atoms with Crippen LogP contribution in [0.1, 0.15) is 32.2 Å². The van der Waals surface area contributed by atoms with Crippen molar-refractivity contribution >= 4 is 33.3 Å². The maximum absolute atomic E-state index is 12.7. The zero-order valence-electron chi connectivity index (χ0n) is 12.5. The number of hydrogen-bond acceptors (Lipinski definition) is 3. The second-order valence-electron chi connectivity index (χ2n) is 5.27. The van der Waals surface area contributed by atoms with Crippen molar-refractivity contribution < 1.29 is 4.79 Å². The van der Waals surface area contributed by atoms with Crippen LogP contribution in [-0.4, -0.2) is 15.5 Å². The summed E-state index contributed by atoms with van der Waals surface area (Å²) < 4.78 is 2.08. The Labute approximate surface area is 133 Å². The topological polar surface area (TPSA) is 46.9 Å². The van der Waals surface area contributed by atoms with E-state index in [1.165, 1.54) is 11.3 Å². The minimum Gasteiger partial charge on any atom is -0.335 e. The van der Waals surface area contributed by atoms with Crippen molar-refractivity contribution in [2.75, 3.05) is 5.32 Å². The van der Waals surface area contributed by atoms with Gasteiger partial charge in [-0.25, -0.2) is 4.98 Å². The van der Waals surface area contributed by atoms with Crippen LogP contribution in [0, 0.1) is 0 Å². The summed E-state index contributed by atoms with van der Waals surface area (Å²) in [5.74, 6) is 0.00440. The van der Waals surface area contributed by atoms with Crippen molar-refractivity contribution in [1.82, 2.24) is 9.55 Å². The van der Waals surface area contributed by atoms with Gasteiger partial charge in [0, 0.05) is 23.3 Å². The SMILES string of the molecule is CCCCC(C(=O)Nc1nccs1)n1ccc2ccccc21. The molecule has 2 aromatic heterocycles. The molecule has 1 atom stereocenters. The van der Waals surface area contributed by atoms with Crippen LogP contribution in [0.3, 0.4) is 0 Å². The fourth-order valence-corrected chi connectivity index (χ4v) is 3.18. The van der Waals surface area contributed by atoms with Crippen LogP contribution in [0.4, 0.5) is 5.13 Å². The van der Waals surface area contributed by atoms with Gasteiger partial charge in [-0.1, -0.05) is 38.0 Å². The van der Waals surface area contributed by atoms with E-state index in [2.05, 4.69) is 40.0 Å². The van der Waals surface area contributed by atoms with Crippen molar-refractivity contribution in [2.45, 2.75) is 32.2 Å². The van der Waals surface area contributed by atoms with Gasteiger partial charge in [0.1, 0.15) is 6.04 Å². The lowest BCUT2D eigenvalue weighted by molar-refractivity contribution is -0.119. The molecule has 1 amide bonds. The Morgan fingerprint density at radius 2 is 2.23 bits per heavy atom. The highest BCUT2D eigenvalue weighted by Gasteiger charge is 2.21. The van der Waals surface area contributed by atoms with Crippen molar-refractivity contribution in [2.24, 2.45) is 0 Å². The van der Waals surface area contributed by atoms with Crippen LogP contribution in [0.15, 0.2) is 48.1 Å². The van der Waals surface area contributed by atoms with Gasteiger partial charge in [0.05, 0.1) is 0 Å². The molecular formula is C17H19N3OS. The first-order valence-corrected chi connectivity index (χ1v) is 8.43. The smallest absolute Gasteiger partial charge is 0.249 e. The quantitative estimate of drug-likeness (QED) is 0.730. The number of unbranched alkanes of at least 4 members (excludes halogenated alkanes) is 1. The lowest BCUT2D eigenvalue weighted by Crippen LogP contribution is -2.25. The zero-order valence-corrected chi connectivity index (χ0v) is 13.3. The van der Waals surface area contributed by atoms with Gasteiger partial charge in [-0.15, -0.1) is 11.3 Å². The number of anilines is 1. The Morgan fingerprint density at radius 3 is 3.00 bits per heavy atom. The van der Waals surface area contributed by atoms with Gasteiger partial charge in [-0.2, -0.15) is 0 Å². The monoisotopic (exact) mass is 313 g/mol. The number of nitrogens with one attached hydrogen (secondary N) is 1. The van der Waals surface area contributed by atoms with Crippen LogP contribution >= 0.6 is 11.3 Å². The van der Waals surface area contributed by atoms with E-state index >= 15 is 0 Å². The predicted molar refractivity (Wildman–Crippen MR) is 91.2 cm³/mol. The van der Waals surface area contributed by atoms with E-state index in [0.29, 0.717) is 5.13 Å². The lowest BCUT2D eigenvalue weighted by atomic mass is 10.1. The molecule has 5 heteroatoms. The van der Waals surface area contributed by atoms with E-state index in [9.17, 15) is 4.79 Å². The molecule has 114 valence electrons. The highest BCUT2D eigenvalue weighted by molar-refractivity contribution is 7.13. The maximum atomic E-state index is 12.7. The number of aromatic nitrogens is 2. The summed E-state index contributed by atoms with van der Waals surface area (Å²) in [4.78, 5) is 16.8. The molecule has 0 radical (unpaired) electrons. The third-order valence-electron chi connectivity index (χ3n) is 3.76.